The number of aliphatic hydroxyl groups is 3. The second-order valence-corrected chi connectivity index (χ2v) is 8.76. The molecule has 0 aliphatic heterocycles. The minimum Gasteiger partial charge on any atom is -0.396 e. The standard InChI is InChI=1S/C12H15F3O4S.C5H12O2.CH4/c1-11(2,16)7-8-19-20(17,18)10-5-3-9(4-6-10)12(13,14)15;1-5(2,7)3-4-6;/h3-6,16H,7-8H2,1-2H3;6-7H,3-4H2,1-2H3;1H4. The van der Waals surface area contributed by atoms with Crippen LogP contribution in [0.5, 0.6) is 0 Å². The van der Waals surface area contributed by atoms with E-state index >= 15 is 0 Å². The molecule has 0 aliphatic carbocycles. The molecular weight excluding hydrogens is 401 g/mol. The van der Waals surface area contributed by atoms with Crippen molar-refractivity contribution in [3.63, 3.8) is 0 Å². The van der Waals surface area contributed by atoms with Crippen molar-refractivity contribution >= 4 is 10.1 Å². The van der Waals surface area contributed by atoms with Gasteiger partial charge in [-0.25, -0.2) is 0 Å². The summed E-state index contributed by atoms with van der Waals surface area (Å²) >= 11 is 0. The van der Waals surface area contributed by atoms with E-state index in [4.69, 9.17) is 10.2 Å². The average Bonchev–Trinajstić information content (AvgIpc) is 2.44. The highest BCUT2D eigenvalue weighted by atomic mass is 32.2. The van der Waals surface area contributed by atoms with Gasteiger partial charge in [0, 0.05) is 13.0 Å². The Morgan fingerprint density at radius 3 is 1.64 bits per heavy atom. The molecule has 0 unspecified atom stereocenters. The molecule has 0 atom stereocenters. The lowest BCUT2D eigenvalue weighted by molar-refractivity contribution is -0.137. The summed E-state index contributed by atoms with van der Waals surface area (Å²) in [7, 11) is -4.12. The van der Waals surface area contributed by atoms with Gasteiger partial charge in [-0.1, -0.05) is 7.43 Å². The van der Waals surface area contributed by atoms with Gasteiger partial charge < -0.3 is 15.3 Å². The molecule has 6 nitrogen and oxygen atoms in total. The van der Waals surface area contributed by atoms with Gasteiger partial charge >= 0.3 is 6.18 Å². The summed E-state index contributed by atoms with van der Waals surface area (Å²) in [5.74, 6) is 0. The van der Waals surface area contributed by atoms with Gasteiger partial charge in [0.05, 0.1) is 28.3 Å². The van der Waals surface area contributed by atoms with Crippen LogP contribution in [0.1, 0.15) is 53.5 Å². The summed E-state index contributed by atoms with van der Waals surface area (Å²) in [6.45, 7) is 6.12. The molecule has 0 bridgehead atoms. The van der Waals surface area contributed by atoms with Gasteiger partial charge in [0.1, 0.15) is 0 Å². The Balaban J connectivity index is 0. The smallest absolute Gasteiger partial charge is 0.396 e. The van der Waals surface area contributed by atoms with Crippen molar-refractivity contribution < 1.29 is 41.1 Å². The molecular formula is C18H31F3O6S. The molecule has 3 N–H and O–H groups in total. The van der Waals surface area contributed by atoms with E-state index in [0.717, 1.165) is 12.1 Å². The van der Waals surface area contributed by atoms with Crippen molar-refractivity contribution in [1.29, 1.82) is 0 Å². The van der Waals surface area contributed by atoms with E-state index in [-0.39, 0.29) is 32.0 Å². The SMILES string of the molecule is C.CC(C)(O)CCO.CC(C)(O)CCOS(=O)(=O)c1ccc(C(F)(F)F)cc1. The molecule has 1 aromatic carbocycles. The molecule has 10 heteroatoms. The van der Waals surface area contributed by atoms with Gasteiger partial charge in [0.15, 0.2) is 0 Å². The van der Waals surface area contributed by atoms with Gasteiger partial charge in [-0.2, -0.15) is 21.6 Å². The molecule has 0 radical (unpaired) electrons. The second-order valence-electron chi connectivity index (χ2n) is 7.15. The summed E-state index contributed by atoms with van der Waals surface area (Å²) < 4.78 is 65.1. The van der Waals surface area contributed by atoms with Crippen LogP contribution < -0.4 is 0 Å². The highest BCUT2D eigenvalue weighted by Crippen LogP contribution is 2.30. The lowest BCUT2D eigenvalue weighted by atomic mass is 10.1. The normalized spacial score (nSPS) is 12.6. The van der Waals surface area contributed by atoms with Crippen molar-refractivity contribution in [1.82, 2.24) is 0 Å². The first-order valence-corrected chi connectivity index (χ1v) is 9.51. The molecule has 0 saturated heterocycles. The third-order valence-corrected chi connectivity index (χ3v) is 4.47. The summed E-state index contributed by atoms with van der Waals surface area (Å²) in [4.78, 5) is -0.360. The minimum absolute atomic E-state index is 0. The number of aliphatic hydroxyl groups excluding tert-OH is 1. The van der Waals surface area contributed by atoms with Gasteiger partial charge in [-0.05, 0) is 58.4 Å². The molecule has 0 aromatic heterocycles. The van der Waals surface area contributed by atoms with Crippen molar-refractivity contribution in [2.24, 2.45) is 0 Å². The van der Waals surface area contributed by atoms with E-state index in [1.54, 1.807) is 13.8 Å². The predicted octanol–water partition coefficient (Wildman–Crippen LogP) is 3.35. The van der Waals surface area contributed by atoms with Crippen LogP contribution in [0.15, 0.2) is 29.2 Å². The largest absolute Gasteiger partial charge is 0.416 e. The van der Waals surface area contributed by atoms with E-state index in [1.807, 2.05) is 0 Å². The van der Waals surface area contributed by atoms with Crippen molar-refractivity contribution in [2.75, 3.05) is 13.2 Å². The van der Waals surface area contributed by atoms with Crippen LogP contribution in [0.3, 0.4) is 0 Å². The number of halogens is 3. The van der Waals surface area contributed by atoms with Crippen LogP contribution in [0.4, 0.5) is 13.2 Å². The molecule has 0 fully saturated rings. The van der Waals surface area contributed by atoms with Crippen LogP contribution in [-0.2, 0) is 20.5 Å². The summed E-state index contributed by atoms with van der Waals surface area (Å²) in [6.07, 6.45) is -4.00. The Bertz CT molecular complexity index is 657. The zero-order valence-electron chi connectivity index (χ0n) is 15.7. The fourth-order valence-electron chi connectivity index (χ4n) is 1.55. The maximum Gasteiger partial charge on any atom is 0.416 e. The van der Waals surface area contributed by atoms with Gasteiger partial charge in [0.25, 0.3) is 10.1 Å². The Morgan fingerprint density at radius 2 is 1.36 bits per heavy atom. The number of benzene rings is 1. The fraction of sp³-hybridized carbons (Fsp3) is 0.667. The van der Waals surface area contributed by atoms with E-state index in [2.05, 4.69) is 4.18 Å². The summed E-state index contributed by atoms with van der Waals surface area (Å²) in [5.41, 5.74) is -2.72. The molecule has 166 valence electrons. The van der Waals surface area contributed by atoms with Crippen LogP contribution in [0.2, 0.25) is 0 Å². The minimum atomic E-state index is -4.52. The van der Waals surface area contributed by atoms with Gasteiger partial charge in [0.2, 0.25) is 0 Å². The molecule has 28 heavy (non-hydrogen) atoms. The highest BCUT2D eigenvalue weighted by Gasteiger charge is 2.30. The number of hydrogen-bond acceptors (Lipinski definition) is 6. The molecule has 0 amide bonds. The third-order valence-electron chi connectivity index (χ3n) is 3.15. The Labute approximate surface area is 165 Å². The van der Waals surface area contributed by atoms with E-state index in [1.165, 1.54) is 13.8 Å². The molecule has 1 aromatic rings. The highest BCUT2D eigenvalue weighted by molar-refractivity contribution is 7.86. The van der Waals surface area contributed by atoms with E-state index < -0.39 is 33.1 Å². The fourth-order valence-corrected chi connectivity index (χ4v) is 2.46. The van der Waals surface area contributed by atoms with Gasteiger partial charge in [-0.15, -0.1) is 0 Å². The lowest BCUT2D eigenvalue weighted by Gasteiger charge is -2.16. The van der Waals surface area contributed by atoms with Crippen LogP contribution >= 0.6 is 0 Å². The quantitative estimate of drug-likeness (QED) is 0.571. The number of rotatable bonds is 7. The van der Waals surface area contributed by atoms with E-state index in [0.29, 0.717) is 18.6 Å². The van der Waals surface area contributed by atoms with Gasteiger partial charge in [-0.3, -0.25) is 4.18 Å². The predicted molar refractivity (Wildman–Crippen MR) is 100 cm³/mol. The number of hydrogen-bond donors (Lipinski definition) is 3. The first-order valence-electron chi connectivity index (χ1n) is 8.10. The van der Waals surface area contributed by atoms with Crippen LogP contribution in [0, 0.1) is 0 Å². The molecule has 1 rings (SSSR count). The van der Waals surface area contributed by atoms with Crippen molar-refractivity contribution in [2.45, 2.75) is 70.2 Å². The van der Waals surface area contributed by atoms with Crippen molar-refractivity contribution in [3.05, 3.63) is 29.8 Å². The monoisotopic (exact) mass is 432 g/mol. The van der Waals surface area contributed by atoms with Crippen LogP contribution in [0.25, 0.3) is 0 Å². The first kappa shape index (κ1) is 29.0. The zero-order chi connectivity index (χ0) is 21.5. The van der Waals surface area contributed by atoms with Crippen molar-refractivity contribution in [3.8, 4) is 0 Å². The first-order chi connectivity index (χ1) is 12.0. The molecule has 0 saturated carbocycles. The third kappa shape index (κ3) is 13.1. The lowest BCUT2D eigenvalue weighted by Crippen LogP contribution is -2.22. The summed E-state index contributed by atoms with van der Waals surface area (Å²) in [6, 6.07) is 3.02. The topological polar surface area (TPSA) is 104 Å². The molecule has 0 aliphatic rings. The summed E-state index contributed by atoms with van der Waals surface area (Å²) in [5, 5.41) is 26.5. The zero-order valence-corrected chi connectivity index (χ0v) is 16.6. The Hall–Kier alpha value is -1.20. The second kappa shape index (κ2) is 11.1. The molecule has 0 heterocycles. The molecule has 0 spiro atoms. The maximum atomic E-state index is 12.3. The average molecular weight is 433 g/mol. The Kier molecular flexibility index (Phi) is 11.5. The van der Waals surface area contributed by atoms with E-state index in [9.17, 15) is 26.7 Å². The Morgan fingerprint density at radius 1 is 0.929 bits per heavy atom. The van der Waals surface area contributed by atoms with Crippen LogP contribution in [-0.4, -0.2) is 48.2 Å². The number of alkyl halides is 3. The maximum absolute atomic E-state index is 12.3.